The Morgan fingerprint density at radius 2 is 1.55 bits per heavy atom. The van der Waals surface area contributed by atoms with Crippen LogP contribution in [0.3, 0.4) is 0 Å². The smallest absolute Gasteiger partial charge is 0.343 e. The van der Waals surface area contributed by atoms with Crippen molar-refractivity contribution in [2.24, 2.45) is 10.7 Å². The minimum absolute atomic E-state index is 0.0576. The van der Waals surface area contributed by atoms with Crippen LogP contribution in [-0.2, 0) is 14.3 Å². The second-order valence-corrected chi connectivity index (χ2v) is 6.67. The number of hydrogen-bond donors (Lipinski definition) is 1. The predicted octanol–water partition coefficient (Wildman–Crippen LogP) is 3.06. The second kappa shape index (κ2) is 9.52. The van der Waals surface area contributed by atoms with Gasteiger partial charge in [0.2, 0.25) is 5.12 Å². The van der Waals surface area contributed by atoms with Crippen LogP contribution in [0, 0.1) is 0 Å². The number of aliphatic imine (C=N–C) groups is 1. The van der Waals surface area contributed by atoms with E-state index in [0.717, 1.165) is 11.8 Å². The summed E-state index contributed by atoms with van der Waals surface area (Å²) in [4.78, 5) is 40.3. The molecule has 7 nitrogen and oxygen atoms in total. The summed E-state index contributed by atoms with van der Waals surface area (Å²) in [5, 5.41) is -0.383. The second-order valence-electron chi connectivity index (χ2n) is 5.67. The van der Waals surface area contributed by atoms with Gasteiger partial charge in [-0.1, -0.05) is 36.4 Å². The van der Waals surface area contributed by atoms with E-state index < -0.39 is 17.1 Å². The number of nitrogens with two attached hydrogens (primary N) is 1. The lowest BCUT2D eigenvalue weighted by molar-refractivity contribution is -0.107. The van der Waals surface area contributed by atoms with E-state index in [1.165, 1.54) is 12.2 Å². The van der Waals surface area contributed by atoms with Crippen molar-refractivity contribution in [3.63, 3.8) is 0 Å². The monoisotopic (exact) mass is 408 g/mol. The number of nitrogens with zero attached hydrogens (tertiary/aromatic N) is 1. The van der Waals surface area contributed by atoms with E-state index in [9.17, 15) is 14.4 Å². The summed E-state index contributed by atoms with van der Waals surface area (Å²) in [6.07, 6.45) is 2.80. The summed E-state index contributed by atoms with van der Waals surface area (Å²) in [6, 6.07) is 16.8. The summed E-state index contributed by atoms with van der Waals surface area (Å²) >= 11 is 0.742. The maximum absolute atomic E-state index is 12.4. The van der Waals surface area contributed by atoms with Gasteiger partial charge in [0.25, 0.3) is 0 Å². The van der Waals surface area contributed by atoms with Crippen LogP contribution in [-0.4, -0.2) is 28.8 Å². The highest BCUT2D eigenvalue weighted by molar-refractivity contribution is 8.27. The normalized spacial score (nSPS) is 15.2. The summed E-state index contributed by atoms with van der Waals surface area (Å²) in [6.45, 7) is -0.0894. The molecule has 0 radical (unpaired) electrons. The number of esters is 2. The number of carbonyl (C=O) groups excluding carboxylic acids is 3. The third-order valence-electron chi connectivity index (χ3n) is 3.65. The zero-order chi connectivity index (χ0) is 20.6. The van der Waals surface area contributed by atoms with E-state index in [1.54, 1.807) is 60.7 Å². The van der Waals surface area contributed by atoms with E-state index in [4.69, 9.17) is 15.2 Å². The molecule has 2 aromatic carbocycles. The van der Waals surface area contributed by atoms with Gasteiger partial charge in [0.05, 0.1) is 11.1 Å². The van der Waals surface area contributed by atoms with Crippen molar-refractivity contribution in [3.8, 4) is 0 Å². The van der Waals surface area contributed by atoms with Gasteiger partial charge in [-0.2, -0.15) is 0 Å². The zero-order valence-electron chi connectivity index (χ0n) is 15.1. The van der Waals surface area contributed by atoms with Gasteiger partial charge in [0.15, 0.2) is 16.6 Å². The Balaban J connectivity index is 1.73. The molecule has 1 aliphatic rings. The van der Waals surface area contributed by atoms with E-state index in [0.29, 0.717) is 11.1 Å². The number of ether oxygens (including phenoxy) is 2. The maximum Gasteiger partial charge on any atom is 0.343 e. The number of rotatable bonds is 6. The molecule has 2 N–H and O–H groups in total. The van der Waals surface area contributed by atoms with Crippen LogP contribution >= 0.6 is 11.8 Å². The molecule has 0 fully saturated rings. The minimum Gasteiger partial charge on any atom is -0.458 e. The molecular formula is C21H16N2O5S. The third-order valence-corrected chi connectivity index (χ3v) is 4.33. The van der Waals surface area contributed by atoms with E-state index in [2.05, 4.69) is 4.99 Å². The highest BCUT2D eigenvalue weighted by atomic mass is 32.2. The Morgan fingerprint density at radius 3 is 2.10 bits per heavy atom. The average molecular weight is 408 g/mol. The highest BCUT2D eigenvalue weighted by Gasteiger charge is 2.25. The third kappa shape index (κ3) is 5.43. The van der Waals surface area contributed by atoms with Gasteiger partial charge in [-0.15, -0.1) is 0 Å². The molecule has 29 heavy (non-hydrogen) atoms. The van der Waals surface area contributed by atoms with Gasteiger partial charge < -0.3 is 15.2 Å². The van der Waals surface area contributed by atoms with Gasteiger partial charge in [-0.05, 0) is 48.2 Å². The number of amidine groups is 1. The van der Waals surface area contributed by atoms with Crippen LogP contribution < -0.4 is 5.73 Å². The van der Waals surface area contributed by atoms with Crippen molar-refractivity contribution in [2.75, 3.05) is 6.61 Å². The van der Waals surface area contributed by atoms with Crippen molar-refractivity contribution >= 4 is 34.0 Å². The first-order valence-corrected chi connectivity index (χ1v) is 9.33. The molecule has 0 bridgehead atoms. The molecule has 0 amide bonds. The Labute approximate surface area is 170 Å². The van der Waals surface area contributed by atoms with Gasteiger partial charge in [0, 0.05) is 0 Å². The fraction of sp³-hybridized carbons (Fsp3) is 0.0476. The molecule has 146 valence electrons. The molecular weight excluding hydrogens is 392 g/mol. The highest BCUT2D eigenvalue weighted by Crippen LogP contribution is 2.25. The first-order valence-electron chi connectivity index (χ1n) is 8.51. The Bertz CT molecular complexity index is 1010. The quantitative estimate of drug-likeness (QED) is 0.444. The molecule has 0 saturated carbocycles. The van der Waals surface area contributed by atoms with Crippen molar-refractivity contribution in [1.82, 2.24) is 0 Å². The number of allylic oxidation sites excluding steroid dienone is 1. The van der Waals surface area contributed by atoms with Crippen LogP contribution in [0.4, 0.5) is 0 Å². The molecule has 1 aliphatic heterocycles. The summed E-state index contributed by atoms with van der Waals surface area (Å²) in [5.41, 5.74) is 6.22. The Hall–Kier alpha value is -3.65. The van der Waals surface area contributed by atoms with Crippen LogP contribution in [0.15, 0.2) is 89.3 Å². The number of hydrogen-bond acceptors (Lipinski definition) is 8. The van der Waals surface area contributed by atoms with Gasteiger partial charge in [0.1, 0.15) is 6.61 Å². The van der Waals surface area contributed by atoms with E-state index >= 15 is 0 Å². The fourth-order valence-corrected chi connectivity index (χ4v) is 2.88. The summed E-state index contributed by atoms with van der Waals surface area (Å²) in [7, 11) is 0. The van der Waals surface area contributed by atoms with Crippen LogP contribution in [0.2, 0.25) is 0 Å². The number of benzene rings is 2. The van der Waals surface area contributed by atoms with Gasteiger partial charge in [-0.25, -0.2) is 14.6 Å². The standard InChI is InChI=1S/C21H16N2O5S/c22-21-23-17(20(26)29-21)16(28-19(25)15-10-5-2-6-11-15)12-7-13-27-18(24)14-8-3-1-4-9-14/h1-12H,13H2,(H2,22,23)/b12-7+,17-16-. The molecule has 0 spiro atoms. The first kappa shape index (κ1) is 20.1. The molecule has 0 aliphatic carbocycles. The molecule has 0 unspecified atom stereocenters. The van der Waals surface area contributed by atoms with Gasteiger partial charge >= 0.3 is 11.9 Å². The largest absolute Gasteiger partial charge is 0.458 e. The van der Waals surface area contributed by atoms with Crippen LogP contribution in [0.25, 0.3) is 0 Å². The van der Waals surface area contributed by atoms with Crippen molar-refractivity contribution in [2.45, 2.75) is 0 Å². The van der Waals surface area contributed by atoms with Crippen molar-refractivity contribution in [1.29, 1.82) is 0 Å². The summed E-state index contributed by atoms with van der Waals surface area (Å²) in [5.74, 6) is -1.23. The predicted molar refractivity (Wildman–Crippen MR) is 109 cm³/mol. The Morgan fingerprint density at radius 1 is 0.966 bits per heavy atom. The maximum atomic E-state index is 12.4. The van der Waals surface area contributed by atoms with Crippen LogP contribution in [0.5, 0.6) is 0 Å². The molecule has 0 atom stereocenters. The van der Waals surface area contributed by atoms with Gasteiger partial charge in [-0.3, -0.25) is 4.79 Å². The molecule has 0 aromatic heterocycles. The van der Waals surface area contributed by atoms with Crippen LogP contribution in [0.1, 0.15) is 20.7 Å². The topological polar surface area (TPSA) is 108 Å². The zero-order valence-corrected chi connectivity index (χ0v) is 15.9. The molecule has 2 aromatic rings. The number of carbonyl (C=O) groups is 3. The molecule has 3 rings (SSSR count). The van der Waals surface area contributed by atoms with E-state index in [1.807, 2.05) is 0 Å². The minimum atomic E-state index is -0.655. The molecule has 8 heteroatoms. The first-order chi connectivity index (χ1) is 14.0. The summed E-state index contributed by atoms with van der Waals surface area (Å²) < 4.78 is 10.5. The molecule has 1 heterocycles. The Kier molecular flexibility index (Phi) is 6.59. The van der Waals surface area contributed by atoms with Crippen molar-refractivity contribution in [3.05, 3.63) is 95.4 Å². The number of thioether (sulfide) groups is 1. The van der Waals surface area contributed by atoms with Crippen molar-refractivity contribution < 1.29 is 23.9 Å². The lowest BCUT2D eigenvalue weighted by atomic mass is 10.2. The molecule has 0 saturated heterocycles. The fourth-order valence-electron chi connectivity index (χ4n) is 2.31. The lowest BCUT2D eigenvalue weighted by Gasteiger charge is -2.07. The van der Waals surface area contributed by atoms with E-state index in [-0.39, 0.29) is 23.2 Å². The SMILES string of the molecule is NC1=N/C(=C(/C=C/COC(=O)c2ccccc2)OC(=O)c2ccccc2)C(=O)S1. The average Bonchev–Trinajstić information content (AvgIpc) is 3.09. The lowest BCUT2D eigenvalue weighted by Crippen LogP contribution is -2.08.